The van der Waals surface area contributed by atoms with Gasteiger partial charge in [0.1, 0.15) is 0 Å². The van der Waals surface area contributed by atoms with E-state index in [9.17, 15) is 4.79 Å². The number of rotatable bonds is 4. The fraction of sp³-hybridized carbons (Fsp3) is 0.375. The quantitative estimate of drug-likeness (QED) is 0.910. The first kappa shape index (κ1) is 15.1. The van der Waals surface area contributed by atoms with Gasteiger partial charge in [0.25, 0.3) is 0 Å². The van der Waals surface area contributed by atoms with Gasteiger partial charge in [-0.2, -0.15) is 0 Å². The number of carbonyl (C=O) groups is 1. The third-order valence-corrected chi connectivity index (χ3v) is 4.82. The number of anilines is 1. The molecule has 1 aromatic heterocycles. The van der Waals surface area contributed by atoms with Gasteiger partial charge >= 0.3 is 0 Å². The van der Waals surface area contributed by atoms with E-state index in [-0.39, 0.29) is 11.9 Å². The lowest BCUT2D eigenvalue weighted by Crippen LogP contribution is -2.43. The fourth-order valence-electron chi connectivity index (χ4n) is 2.47. The average molecular weight is 316 g/mol. The summed E-state index contributed by atoms with van der Waals surface area (Å²) < 4.78 is 1.98. The first-order chi connectivity index (χ1) is 10.7. The molecule has 2 aromatic rings. The molecule has 0 bridgehead atoms. The molecular weight excluding hydrogens is 296 g/mol. The van der Waals surface area contributed by atoms with Crippen LogP contribution in [0.25, 0.3) is 0 Å². The van der Waals surface area contributed by atoms with Gasteiger partial charge in [-0.1, -0.05) is 18.2 Å². The second kappa shape index (κ2) is 6.98. The number of carbonyl (C=O) groups excluding carboxylic acids is 1. The third-order valence-electron chi connectivity index (χ3n) is 3.73. The molecule has 116 valence electrons. The van der Waals surface area contributed by atoms with E-state index in [0.29, 0.717) is 0 Å². The van der Waals surface area contributed by atoms with Crippen molar-refractivity contribution in [2.45, 2.75) is 35.4 Å². The lowest BCUT2D eigenvalue weighted by molar-refractivity contribution is -0.118. The Morgan fingerprint density at radius 3 is 2.82 bits per heavy atom. The highest BCUT2D eigenvalue weighted by Crippen LogP contribution is 2.26. The van der Waals surface area contributed by atoms with E-state index in [0.717, 1.165) is 41.5 Å². The third kappa shape index (κ3) is 3.69. The van der Waals surface area contributed by atoms with Gasteiger partial charge in [-0.3, -0.25) is 4.79 Å². The standard InChI is InChI=1S/C16H20N4OS/c1-20-11-10-18-16(20)22-13-7-5-12(6-8-13)19-15(21)14-4-2-3-9-17-14/h5-8,10-11,14,17H,2-4,9H2,1H3,(H,19,21). The summed E-state index contributed by atoms with van der Waals surface area (Å²) in [5.74, 6) is 0.0594. The maximum absolute atomic E-state index is 12.2. The van der Waals surface area contributed by atoms with Gasteiger partial charge in [-0.05, 0) is 43.7 Å². The van der Waals surface area contributed by atoms with Crippen molar-refractivity contribution in [2.24, 2.45) is 7.05 Å². The molecule has 1 saturated heterocycles. The molecule has 3 rings (SSSR count). The van der Waals surface area contributed by atoms with Crippen LogP contribution in [0.2, 0.25) is 0 Å². The largest absolute Gasteiger partial charge is 0.329 e. The SMILES string of the molecule is Cn1ccnc1Sc1ccc(NC(=O)C2CCCCN2)cc1. The second-order valence-electron chi connectivity index (χ2n) is 5.44. The van der Waals surface area contributed by atoms with Crippen LogP contribution in [-0.2, 0) is 11.8 Å². The van der Waals surface area contributed by atoms with Crippen molar-refractivity contribution >= 4 is 23.4 Å². The van der Waals surface area contributed by atoms with Crippen molar-refractivity contribution in [1.82, 2.24) is 14.9 Å². The summed E-state index contributed by atoms with van der Waals surface area (Å²) >= 11 is 1.60. The van der Waals surface area contributed by atoms with Crippen LogP contribution >= 0.6 is 11.8 Å². The van der Waals surface area contributed by atoms with E-state index < -0.39 is 0 Å². The first-order valence-electron chi connectivity index (χ1n) is 7.52. The number of imidazole rings is 1. The highest BCUT2D eigenvalue weighted by atomic mass is 32.2. The summed E-state index contributed by atoms with van der Waals surface area (Å²) in [6.07, 6.45) is 6.90. The van der Waals surface area contributed by atoms with Crippen LogP contribution in [0.3, 0.4) is 0 Å². The number of aryl methyl sites for hydroxylation is 1. The Morgan fingerprint density at radius 2 is 2.18 bits per heavy atom. The van der Waals surface area contributed by atoms with Gasteiger partial charge in [0, 0.05) is 30.0 Å². The fourth-order valence-corrected chi connectivity index (χ4v) is 3.27. The number of nitrogens with zero attached hydrogens (tertiary/aromatic N) is 2. The number of hydrogen-bond donors (Lipinski definition) is 2. The molecule has 5 nitrogen and oxygen atoms in total. The molecule has 22 heavy (non-hydrogen) atoms. The van der Waals surface area contributed by atoms with E-state index in [1.807, 2.05) is 42.1 Å². The molecule has 1 atom stereocenters. The molecule has 1 aliphatic rings. The molecule has 1 fully saturated rings. The van der Waals surface area contributed by atoms with Crippen LogP contribution in [0.4, 0.5) is 5.69 Å². The zero-order valence-electron chi connectivity index (χ0n) is 12.6. The molecule has 6 heteroatoms. The molecule has 0 spiro atoms. The highest BCUT2D eigenvalue weighted by molar-refractivity contribution is 7.99. The van der Waals surface area contributed by atoms with Crippen LogP contribution in [0.15, 0.2) is 46.7 Å². The highest BCUT2D eigenvalue weighted by Gasteiger charge is 2.20. The molecule has 0 radical (unpaired) electrons. The van der Waals surface area contributed by atoms with Gasteiger partial charge in [0.05, 0.1) is 6.04 Å². The number of amides is 1. The van der Waals surface area contributed by atoms with Crippen LogP contribution in [0.1, 0.15) is 19.3 Å². The summed E-state index contributed by atoms with van der Waals surface area (Å²) in [6.45, 7) is 0.928. The molecule has 1 unspecified atom stereocenters. The monoisotopic (exact) mass is 316 g/mol. The van der Waals surface area contributed by atoms with Crippen molar-refractivity contribution in [3.63, 3.8) is 0 Å². The van der Waals surface area contributed by atoms with Crippen LogP contribution < -0.4 is 10.6 Å². The Bertz CT molecular complexity index is 632. The van der Waals surface area contributed by atoms with Gasteiger partial charge < -0.3 is 15.2 Å². The number of aromatic nitrogens is 2. The van der Waals surface area contributed by atoms with Crippen molar-refractivity contribution in [3.8, 4) is 0 Å². The summed E-state index contributed by atoms with van der Waals surface area (Å²) in [5.41, 5.74) is 0.835. The van der Waals surface area contributed by atoms with Gasteiger partial charge in [0.15, 0.2) is 5.16 Å². The van der Waals surface area contributed by atoms with Gasteiger partial charge in [-0.25, -0.2) is 4.98 Å². The second-order valence-corrected chi connectivity index (χ2v) is 6.48. The molecule has 2 N–H and O–H groups in total. The van der Waals surface area contributed by atoms with Crippen LogP contribution in [-0.4, -0.2) is 28.0 Å². The number of hydrogen-bond acceptors (Lipinski definition) is 4. The Balaban J connectivity index is 1.59. The number of nitrogens with one attached hydrogen (secondary N) is 2. The van der Waals surface area contributed by atoms with Crippen molar-refractivity contribution in [3.05, 3.63) is 36.7 Å². The first-order valence-corrected chi connectivity index (χ1v) is 8.33. The summed E-state index contributed by atoms with van der Waals surface area (Å²) in [6, 6.07) is 7.82. The van der Waals surface area contributed by atoms with Gasteiger partial charge in [0.2, 0.25) is 5.91 Å². The average Bonchev–Trinajstić information content (AvgIpc) is 2.95. The van der Waals surface area contributed by atoms with E-state index in [1.165, 1.54) is 0 Å². The summed E-state index contributed by atoms with van der Waals surface area (Å²) in [4.78, 5) is 17.6. The van der Waals surface area contributed by atoms with E-state index in [1.54, 1.807) is 18.0 Å². The molecule has 1 amide bonds. The zero-order valence-corrected chi connectivity index (χ0v) is 13.4. The van der Waals surface area contributed by atoms with E-state index >= 15 is 0 Å². The molecule has 1 aliphatic heterocycles. The predicted octanol–water partition coefficient (Wildman–Crippen LogP) is 2.65. The van der Waals surface area contributed by atoms with Crippen LogP contribution in [0.5, 0.6) is 0 Å². The smallest absolute Gasteiger partial charge is 0.241 e. The topological polar surface area (TPSA) is 59.0 Å². The minimum atomic E-state index is -0.0598. The minimum absolute atomic E-state index is 0.0594. The maximum Gasteiger partial charge on any atom is 0.241 e. The predicted molar refractivity (Wildman–Crippen MR) is 88.0 cm³/mol. The normalized spacial score (nSPS) is 18.1. The van der Waals surface area contributed by atoms with Crippen LogP contribution in [0, 0.1) is 0 Å². The van der Waals surface area contributed by atoms with Gasteiger partial charge in [-0.15, -0.1) is 0 Å². The van der Waals surface area contributed by atoms with Crippen molar-refractivity contribution < 1.29 is 4.79 Å². The van der Waals surface area contributed by atoms with Crippen molar-refractivity contribution in [1.29, 1.82) is 0 Å². The molecule has 1 aromatic carbocycles. The van der Waals surface area contributed by atoms with Crippen molar-refractivity contribution in [2.75, 3.05) is 11.9 Å². The molecule has 0 saturated carbocycles. The Hall–Kier alpha value is -1.79. The summed E-state index contributed by atoms with van der Waals surface area (Å²) in [7, 11) is 1.97. The lowest BCUT2D eigenvalue weighted by Gasteiger charge is -2.22. The zero-order chi connectivity index (χ0) is 15.4. The van der Waals surface area contributed by atoms with E-state index in [4.69, 9.17) is 0 Å². The molecule has 0 aliphatic carbocycles. The number of benzene rings is 1. The molecular formula is C16H20N4OS. The number of piperidine rings is 1. The Labute approximate surface area is 134 Å². The van der Waals surface area contributed by atoms with E-state index in [2.05, 4.69) is 15.6 Å². The minimum Gasteiger partial charge on any atom is -0.329 e. The molecule has 2 heterocycles. The lowest BCUT2D eigenvalue weighted by atomic mass is 10.0. The Kier molecular flexibility index (Phi) is 4.80. The Morgan fingerprint density at radius 1 is 1.36 bits per heavy atom. The maximum atomic E-state index is 12.2. The summed E-state index contributed by atoms with van der Waals surface area (Å²) in [5, 5.41) is 7.18.